The Balaban J connectivity index is 1.21. The molecular formula is C21H19BrN2O5S. The van der Waals surface area contributed by atoms with Crippen LogP contribution >= 0.6 is 27.3 Å². The monoisotopic (exact) mass is 490 g/mol. The molecule has 0 aliphatic carbocycles. The zero-order chi connectivity index (χ0) is 20.9. The van der Waals surface area contributed by atoms with Crippen LogP contribution in [0.1, 0.15) is 17.8 Å². The van der Waals surface area contributed by atoms with Crippen molar-refractivity contribution in [2.75, 3.05) is 25.1 Å². The van der Waals surface area contributed by atoms with E-state index in [0.717, 1.165) is 15.2 Å². The van der Waals surface area contributed by atoms with Gasteiger partial charge in [0.05, 0.1) is 20.9 Å². The van der Waals surface area contributed by atoms with E-state index in [4.69, 9.17) is 14.2 Å². The standard InChI is InChI=1S/C21H19BrN2O5S/c22-13-10-16-17(28-9-8-27-16)11-15(13)23-19(25)12-29-21(26)7-3-6-20-24-14-4-1-2-5-18(14)30-20/h1-2,4-5,10-11H,3,6-9,12H2,(H,23,25). The van der Waals surface area contributed by atoms with Crippen molar-refractivity contribution < 1.29 is 23.8 Å². The van der Waals surface area contributed by atoms with E-state index >= 15 is 0 Å². The quantitative estimate of drug-likeness (QED) is 0.495. The molecule has 2 heterocycles. The highest BCUT2D eigenvalue weighted by Gasteiger charge is 2.17. The Kier molecular flexibility index (Phi) is 6.49. The summed E-state index contributed by atoms with van der Waals surface area (Å²) >= 11 is 5.02. The molecule has 2 aromatic carbocycles. The maximum absolute atomic E-state index is 12.1. The first-order chi connectivity index (χ1) is 14.6. The molecule has 0 spiro atoms. The van der Waals surface area contributed by atoms with Gasteiger partial charge >= 0.3 is 5.97 Å². The minimum atomic E-state index is -0.424. The molecule has 0 saturated carbocycles. The number of rotatable bonds is 7. The largest absolute Gasteiger partial charge is 0.486 e. The molecular weight excluding hydrogens is 472 g/mol. The van der Waals surface area contributed by atoms with Crippen LogP contribution in [-0.4, -0.2) is 36.7 Å². The second-order valence-electron chi connectivity index (χ2n) is 6.61. The summed E-state index contributed by atoms with van der Waals surface area (Å²) in [6.07, 6.45) is 1.55. The minimum absolute atomic E-state index is 0.233. The first-order valence-electron chi connectivity index (χ1n) is 9.47. The Morgan fingerprint density at radius 2 is 1.93 bits per heavy atom. The summed E-state index contributed by atoms with van der Waals surface area (Å²) in [6.45, 7) is 0.595. The van der Waals surface area contributed by atoms with Gasteiger partial charge in [-0.25, -0.2) is 4.98 Å². The molecule has 4 rings (SSSR count). The summed E-state index contributed by atoms with van der Waals surface area (Å²) < 4.78 is 17.9. The zero-order valence-electron chi connectivity index (χ0n) is 16.0. The smallest absolute Gasteiger partial charge is 0.306 e. The molecule has 1 aliphatic rings. The van der Waals surface area contributed by atoms with Gasteiger partial charge in [-0.3, -0.25) is 9.59 Å². The number of hydrogen-bond acceptors (Lipinski definition) is 7. The molecule has 0 atom stereocenters. The van der Waals surface area contributed by atoms with Gasteiger partial charge in [-0.2, -0.15) is 0 Å². The van der Waals surface area contributed by atoms with E-state index in [-0.39, 0.29) is 13.0 Å². The van der Waals surface area contributed by atoms with E-state index < -0.39 is 11.9 Å². The van der Waals surface area contributed by atoms with Gasteiger partial charge in [0, 0.05) is 23.0 Å². The van der Waals surface area contributed by atoms with Crippen LogP contribution in [0, 0.1) is 0 Å². The van der Waals surface area contributed by atoms with Gasteiger partial charge in [0.2, 0.25) is 0 Å². The van der Waals surface area contributed by atoms with Crippen molar-refractivity contribution in [1.29, 1.82) is 0 Å². The van der Waals surface area contributed by atoms with Crippen molar-refractivity contribution >= 4 is 55.0 Å². The molecule has 1 N–H and O–H groups in total. The van der Waals surface area contributed by atoms with Gasteiger partial charge < -0.3 is 19.5 Å². The number of halogens is 1. The Morgan fingerprint density at radius 1 is 1.17 bits per heavy atom. The lowest BCUT2D eigenvalue weighted by atomic mass is 10.2. The predicted octanol–water partition coefficient (Wildman–Crippen LogP) is 4.33. The van der Waals surface area contributed by atoms with E-state index in [1.54, 1.807) is 23.5 Å². The Morgan fingerprint density at radius 3 is 2.73 bits per heavy atom. The normalized spacial score (nSPS) is 12.6. The number of nitrogens with zero attached hydrogens (tertiary/aromatic N) is 1. The first kappa shape index (κ1) is 20.6. The Hall–Kier alpha value is -2.65. The lowest BCUT2D eigenvalue weighted by Gasteiger charge is -2.20. The van der Waals surface area contributed by atoms with E-state index in [0.29, 0.717) is 47.7 Å². The maximum Gasteiger partial charge on any atom is 0.306 e. The van der Waals surface area contributed by atoms with Crippen LogP contribution in [-0.2, 0) is 20.7 Å². The molecule has 1 amide bonds. The number of fused-ring (bicyclic) bond motifs is 2. The third-order valence-electron chi connectivity index (χ3n) is 4.38. The molecule has 156 valence electrons. The van der Waals surface area contributed by atoms with Crippen LogP contribution in [0.25, 0.3) is 10.2 Å². The lowest BCUT2D eigenvalue weighted by molar-refractivity contribution is -0.147. The molecule has 0 radical (unpaired) electrons. The summed E-state index contributed by atoms with van der Waals surface area (Å²) in [5.41, 5.74) is 1.50. The van der Waals surface area contributed by atoms with E-state index in [1.165, 1.54) is 0 Å². The number of carbonyl (C=O) groups excluding carboxylic acids is 2. The fourth-order valence-corrected chi connectivity index (χ4v) is 4.41. The molecule has 0 fully saturated rings. The fraction of sp³-hybridized carbons (Fsp3) is 0.286. The number of esters is 1. The number of benzene rings is 2. The van der Waals surface area contributed by atoms with Crippen molar-refractivity contribution in [2.24, 2.45) is 0 Å². The number of aromatic nitrogens is 1. The van der Waals surface area contributed by atoms with Gasteiger partial charge in [0.15, 0.2) is 18.1 Å². The average molecular weight is 491 g/mol. The summed E-state index contributed by atoms with van der Waals surface area (Å²) in [4.78, 5) is 28.6. The third kappa shape index (κ3) is 5.09. The van der Waals surface area contributed by atoms with Crippen LogP contribution in [0.2, 0.25) is 0 Å². The van der Waals surface area contributed by atoms with Crippen molar-refractivity contribution in [3.63, 3.8) is 0 Å². The van der Waals surface area contributed by atoms with Crippen LogP contribution in [0.4, 0.5) is 5.69 Å². The highest BCUT2D eigenvalue weighted by Crippen LogP contribution is 2.38. The number of thiazole rings is 1. The number of nitrogens with one attached hydrogen (secondary N) is 1. The summed E-state index contributed by atoms with van der Waals surface area (Å²) in [7, 11) is 0. The van der Waals surface area contributed by atoms with Crippen LogP contribution < -0.4 is 14.8 Å². The first-order valence-corrected chi connectivity index (χ1v) is 11.1. The molecule has 30 heavy (non-hydrogen) atoms. The number of ether oxygens (including phenoxy) is 3. The third-order valence-corrected chi connectivity index (χ3v) is 6.13. The topological polar surface area (TPSA) is 86.8 Å². The van der Waals surface area contributed by atoms with Crippen molar-refractivity contribution in [1.82, 2.24) is 4.98 Å². The van der Waals surface area contributed by atoms with Gasteiger partial charge in [-0.05, 0) is 40.9 Å². The second kappa shape index (κ2) is 9.44. The molecule has 7 nitrogen and oxygen atoms in total. The zero-order valence-corrected chi connectivity index (χ0v) is 18.4. The number of aryl methyl sites for hydroxylation is 1. The lowest BCUT2D eigenvalue weighted by Crippen LogP contribution is -2.21. The number of para-hydroxylation sites is 1. The minimum Gasteiger partial charge on any atom is -0.486 e. The van der Waals surface area contributed by atoms with Crippen LogP contribution in [0.15, 0.2) is 40.9 Å². The van der Waals surface area contributed by atoms with Crippen LogP contribution in [0.5, 0.6) is 11.5 Å². The van der Waals surface area contributed by atoms with Gasteiger partial charge in [-0.1, -0.05) is 12.1 Å². The second-order valence-corrected chi connectivity index (χ2v) is 8.58. The van der Waals surface area contributed by atoms with Crippen molar-refractivity contribution in [3.05, 3.63) is 45.9 Å². The molecule has 1 aromatic heterocycles. The molecule has 0 unspecified atom stereocenters. The Bertz CT molecular complexity index is 1050. The van der Waals surface area contributed by atoms with Gasteiger partial charge in [0.1, 0.15) is 13.2 Å². The van der Waals surface area contributed by atoms with Crippen molar-refractivity contribution in [2.45, 2.75) is 19.3 Å². The number of anilines is 1. The number of hydrogen-bond donors (Lipinski definition) is 1. The summed E-state index contributed by atoms with van der Waals surface area (Å²) in [5, 5.41) is 3.70. The molecule has 0 saturated heterocycles. The predicted molar refractivity (Wildman–Crippen MR) is 117 cm³/mol. The van der Waals surface area contributed by atoms with Gasteiger partial charge in [-0.15, -0.1) is 11.3 Å². The summed E-state index contributed by atoms with van der Waals surface area (Å²) in [5.74, 6) is 0.344. The molecule has 0 bridgehead atoms. The number of carbonyl (C=O) groups is 2. The molecule has 1 aliphatic heterocycles. The fourth-order valence-electron chi connectivity index (χ4n) is 2.98. The summed E-state index contributed by atoms with van der Waals surface area (Å²) in [6, 6.07) is 11.4. The van der Waals surface area contributed by atoms with Crippen LogP contribution in [0.3, 0.4) is 0 Å². The van der Waals surface area contributed by atoms with E-state index in [1.807, 2.05) is 24.3 Å². The van der Waals surface area contributed by atoms with Crippen molar-refractivity contribution in [3.8, 4) is 11.5 Å². The number of amides is 1. The Labute approximate surface area is 185 Å². The van der Waals surface area contributed by atoms with E-state index in [9.17, 15) is 9.59 Å². The SMILES string of the molecule is O=C(COC(=O)CCCc1nc2ccccc2s1)Nc1cc2c(cc1Br)OCCO2. The average Bonchev–Trinajstić information content (AvgIpc) is 3.15. The molecule has 3 aromatic rings. The van der Waals surface area contributed by atoms with E-state index in [2.05, 4.69) is 26.2 Å². The molecule has 9 heteroatoms. The van der Waals surface area contributed by atoms with Gasteiger partial charge in [0.25, 0.3) is 5.91 Å². The highest BCUT2D eigenvalue weighted by atomic mass is 79.9. The maximum atomic E-state index is 12.1. The highest BCUT2D eigenvalue weighted by molar-refractivity contribution is 9.10.